The summed E-state index contributed by atoms with van der Waals surface area (Å²) in [5.74, 6) is -1.29. The molecule has 0 fully saturated rings. The zero-order chi connectivity index (χ0) is 22.0. The summed E-state index contributed by atoms with van der Waals surface area (Å²) in [5, 5.41) is 2.25. The fourth-order valence-corrected chi connectivity index (χ4v) is 2.67. The summed E-state index contributed by atoms with van der Waals surface area (Å²) >= 11 is 0. The number of ether oxygens (including phenoxy) is 1. The van der Waals surface area contributed by atoms with E-state index in [2.05, 4.69) is 5.32 Å². The number of carbonyl (C=O) groups is 1. The lowest BCUT2D eigenvalue weighted by Gasteiger charge is -2.15. The maximum absolute atomic E-state index is 12.7. The number of anilines is 2. The summed E-state index contributed by atoms with van der Waals surface area (Å²) in [5.41, 5.74) is -7.53. The van der Waals surface area contributed by atoms with Crippen LogP contribution in [0, 0.1) is 0 Å². The normalized spacial score (nSPS) is 12.4. The van der Waals surface area contributed by atoms with Crippen molar-refractivity contribution in [2.24, 2.45) is 0 Å². The summed E-state index contributed by atoms with van der Waals surface area (Å²) in [6, 6.07) is 6.51. The lowest BCUT2D eigenvalue weighted by atomic mass is 10.1. The van der Waals surface area contributed by atoms with Gasteiger partial charge in [0.25, 0.3) is 5.91 Å². The number of halogens is 6. The molecule has 6 nitrogen and oxygen atoms in total. The number of methoxy groups -OCH3 is 1. The third kappa shape index (κ3) is 5.31. The van der Waals surface area contributed by atoms with Gasteiger partial charge in [0, 0.05) is 17.3 Å². The molecule has 2 aromatic rings. The highest BCUT2D eigenvalue weighted by molar-refractivity contribution is 7.93. The molecule has 0 bridgehead atoms. The third-order valence-corrected chi connectivity index (χ3v) is 4.56. The Balaban J connectivity index is 2.26. The van der Waals surface area contributed by atoms with Crippen LogP contribution in [-0.2, 0) is 16.2 Å². The first-order chi connectivity index (χ1) is 13.2. The molecule has 1 amide bonds. The fourth-order valence-electron chi connectivity index (χ4n) is 2.10. The minimum absolute atomic E-state index is 0.0563. The van der Waals surface area contributed by atoms with Gasteiger partial charge in [0.05, 0.1) is 18.4 Å². The molecule has 0 radical (unpaired) electrons. The van der Waals surface area contributed by atoms with Crippen molar-refractivity contribution in [3.05, 3.63) is 53.6 Å². The number of alkyl halides is 6. The Labute approximate surface area is 160 Å². The van der Waals surface area contributed by atoms with Crippen molar-refractivity contribution >= 4 is 27.3 Å². The van der Waals surface area contributed by atoms with Gasteiger partial charge in [-0.2, -0.15) is 34.8 Å². The van der Waals surface area contributed by atoms with E-state index in [1.54, 1.807) is 0 Å². The van der Waals surface area contributed by atoms with Crippen LogP contribution in [0.25, 0.3) is 0 Å². The molecule has 0 saturated heterocycles. The van der Waals surface area contributed by atoms with Gasteiger partial charge >= 0.3 is 21.7 Å². The van der Waals surface area contributed by atoms with Crippen molar-refractivity contribution in [3.8, 4) is 5.75 Å². The lowest BCUT2D eigenvalue weighted by molar-refractivity contribution is -0.137. The molecule has 0 heterocycles. The first-order valence-electron chi connectivity index (χ1n) is 7.50. The summed E-state index contributed by atoms with van der Waals surface area (Å²) in [4.78, 5) is 12.2. The Bertz CT molecular complexity index is 1020. The predicted molar refractivity (Wildman–Crippen MR) is 91.0 cm³/mol. The molecule has 29 heavy (non-hydrogen) atoms. The molecule has 2 N–H and O–H groups in total. The van der Waals surface area contributed by atoms with Gasteiger partial charge in [-0.05, 0) is 30.3 Å². The highest BCUT2D eigenvalue weighted by Crippen LogP contribution is 2.33. The molecule has 0 unspecified atom stereocenters. The topological polar surface area (TPSA) is 84.5 Å². The van der Waals surface area contributed by atoms with Gasteiger partial charge in [0.1, 0.15) is 5.75 Å². The number of sulfonamides is 1. The molecule has 13 heteroatoms. The highest BCUT2D eigenvalue weighted by atomic mass is 32.2. The molecular formula is C16H12F6N2O4S. The van der Waals surface area contributed by atoms with E-state index in [1.807, 2.05) is 0 Å². The van der Waals surface area contributed by atoms with Crippen LogP contribution in [0.5, 0.6) is 5.75 Å². The van der Waals surface area contributed by atoms with Crippen molar-refractivity contribution < 1.29 is 44.3 Å². The van der Waals surface area contributed by atoms with Crippen LogP contribution >= 0.6 is 0 Å². The van der Waals surface area contributed by atoms with Crippen LogP contribution < -0.4 is 14.8 Å². The minimum Gasteiger partial charge on any atom is -0.494 e. The standard InChI is InChI=1S/C16H12F6N2O4S/c1-28-13-8-11(5-6-12(13)24-29(26,27)16(20,21)22)23-14(25)9-3-2-4-10(7-9)15(17,18)19/h2-8,24H,1H3,(H,23,25). The van der Waals surface area contributed by atoms with Crippen molar-refractivity contribution in [2.45, 2.75) is 11.7 Å². The molecule has 0 aromatic heterocycles. The average Bonchev–Trinajstić information content (AvgIpc) is 2.61. The highest BCUT2D eigenvalue weighted by Gasteiger charge is 2.46. The molecule has 0 aliphatic carbocycles. The Morgan fingerprint density at radius 2 is 1.66 bits per heavy atom. The van der Waals surface area contributed by atoms with Crippen LogP contribution in [0.2, 0.25) is 0 Å². The van der Waals surface area contributed by atoms with E-state index in [9.17, 15) is 39.6 Å². The average molecular weight is 442 g/mol. The smallest absolute Gasteiger partial charge is 0.494 e. The summed E-state index contributed by atoms with van der Waals surface area (Å²) in [6.07, 6.45) is -4.66. The van der Waals surface area contributed by atoms with E-state index in [-0.39, 0.29) is 17.0 Å². The van der Waals surface area contributed by atoms with Crippen molar-refractivity contribution in [1.29, 1.82) is 0 Å². The molecular weight excluding hydrogens is 430 g/mol. The molecule has 0 aliphatic rings. The number of hydrogen-bond acceptors (Lipinski definition) is 4. The lowest BCUT2D eigenvalue weighted by Crippen LogP contribution is -2.30. The van der Waals surface area contributed by atoms with E-state index < -0.39 is 38.9 Å². The molecule has 0 aliphatic heterocycles. The maximum Gasteiger partial charge on any atom is 0.516 e. The van der Waals surface area contributed by atoms with Crippen molar-refractivity contribution in [2.75, 3.05) is 17.1 Å². The van der Waals surface area contributed by atoms with Crippen LogP contribution in [0.3, 0.4) is 0 Å². The summed E-state index contributed by atoms with van der Waals surface area (Å²) in [7, 11) is -4.66. The molecule has 2 aromatic carbocycles. The second-order valence-electron chi connectivity index (χ2n) is 5.50. The maximum atomic E-state index is 12.7. The van der Waals surface area contributed by atoms with E-state index in [1.165, 1.54) is 4.72 Å². The predicted octanol–water partition coefficient (Wildman–Crippen LogP) is 4.23. The zero-order valence-corrected chi connectivity index (χ0v) is 15.2. The monoisotopic (exact) mass is 442 g/mol. The van der Waals surface area contributed by atoms with Crippen LogP contribution in [0.4, 0.5) is 37.7 Å². The molecule has 2 rings (SSSR count). The number of amides is 1. The quantitative estimate of drug-likeness (QED) is 0.679. The number of rotatable bonds is 5. The van der Waals surface area contributed by atoms with Crippen molar-refractivity contribution in [3.63, 3.8) is 0 Å². The minimum atomic E-state index is -5.70. The Morgan fingerprint density at radius 1 is 1.00 bits per heavy atom. The van der Waals surface area contributed by atoms with Gasteiger partial charge in [-0.1, -0.05) is 6.07 Å². The number of nitrogens with one attached hydrogen (secondary N) is 2. The number of hydrogen-bond donors (Lipinski definition) is 2. The fraction of sp³-hybridized carbons (Fsp3) is 0.188. The Morgan fingerprint density at radius 3 is 2.21 bits per heavy atom. The summed E-state index contributed by atoms with van der Waals surface area (Å²) in [6.45, 7) is 0. The van der Waals surface area contributed by atoms with Crippen LogP contribution in [0.15, 0.2) is 42.5 Å². The van der Waals surface area contributed by atoms with E-state index in [0.717, 1.165) is 43.5 Å². The third-order valence-electron chi connectivity index (χ3n) is 3.46. The first-order valence-corrected chi connectivity index (χ1v) is 8.98. The van der Waals surface area contributed by atoms with Gasteiger partial charge < -0.3 is 10.1 Å². The Kier molecular flexibility index (Phi) is 6.02. The van der Waals surface area contributed by atoms with Gasteiger partial charge in [0.2, 0.25) is 0 Å². The van der Waals surface area contributed by atoms with E-state index in [4.69, 9.17) is 4.74 Å². The molecule has 0 saturated carbocycles. The number of carbonyl (C=O) groups excluding carboxylic acids is 1. The Hall–Kier alpha value is -2.96. The summed E-state index contributed by atoms with van der Waals surface area (Å²) < 4.78 is 104. The van der Waals surface area contributed by atoms with Gasteiger partial charge in [-0.25, -0.2) is 0 Å². The largest absolute Gasteiger partial charge is 0.516 e. The zero-order valence-electron chi connectivity index (χ0n) is 14.4. The SMILES string of the molecule is COc1cc(NC(=O)c2cccc(C(F)(F)F)c2)ccc1NS(=O)(=O)C(F)(F)F. The number of benzene rings is 2. The van der Waals surface area contributed by atoms with E-state index in [0.29, 0.717) is 6.07 Å². The van der Waals surface area contributed by atoms with Crippen molar-refractivity contribution in [1.82, 2.24) is 0 Å². The van der Waals surface area contributed by atoms with Crippen LogP contribution in [0.1, 0.15) is 15.9 Å². The molecule has 158 valence electrons. The van der Waals surface area contributed by atoms with Gasteiger partial charge in [0.15, 0.2) is 0 Å². The van der Waals surface area contributed by atoms with Gasteiger partial charge in [-0.3, -0.25) is 9.52 Å². The van der Waals surface area contributed by atoms with Crippen LogP contribution in [-0.4, -0.2) is 26.9 Å². The second kappa shape index (κ2) is 7.81. The molecule has 0 spiro atoms. The molecule has 0 atom stereocenters. The van der Waals surface area contributed by atoms with E-state index >= 15 is 0 Å². The second-order valence-corrected chi connectivity index (χ2v) is 7.17. The first kappa shape index (κ1) is 22.3. The van der Waals surface area contributed by atoms with Gasteiger partial charge in [-0.15, -0.1) is 0 Å².